The molecule has 0 amide bonds. The maximum atomic E-state index is 12.9. The van der Waals surface area contributed by atoms with E-state index in [4.69, 9.17) is 4.74 Å². The van der Waals surface area contributed by atoms with Crippen molar-refractivity contribution in [3.63, 3.8) is 0 Å². The average Bonchev–Trinajstić information content (AvgIpc) is 2.96. The minimum absolute atomic E-state index is 0.170. The summed E-state index contributed by atoms with van der Waals surface area (Å²) in [5.41, 5.74) is 5.84. The predicted octanol–water partition coefficient (Wildman–Crippen LogP) is 5.99. The molecule has 1 aliphatic carbocycles. The first-order chi connectivity index (χ1) is 12.3. The molecule has 1 atom stereocenters. The van der Waals surface area contributed by atoms with Crippen LogP contribution in [0.1, 0.15) is 73.4 Å². The maximum absolute atomic E-state index is 12.9. The Morgan fingerprint density at radius 2 is 1.76 bits per heavy atom. The lowest BCUT2D eigenvalue weighted by Crippen LogP contribution is -2.12. The van der Waals surface area contributed by atoms with Gasteiger partial charge in [-0.25, -0.2) is 0 Å². The standard InChI is InChI=1S/C23H28O2/c1-3-5-6-14-22(24)20-13-9-12-19-17-10-7-8-11-18(17)21(23(19)20)16-25-15-4-2/h7-13,21H,3-6,14-16H2,1-2H3. The van der Waals surface area contributed by atoms with Crippen molar-refractivity contribution in [1.29, 1.82) is 0 Å². The van der Waals surface area contributed by atoms with Crippen LogP contribution in [-0.4, -0.2) is 19.0 Å². The van der Waals surface area contributed by atoms with Crippen molar-refractivity contribution in [2.75, 3.05) is 13.2 Å². The van der Waals surface area contributed by atoms with E-state index in [-0.39, 0.29) is 11.7 Å². The van der Waals surface area contributed by atoms with E-state index in [9.17, 15) is 4.79 Å². The highest BCUT2D eigenvalue weighted by Crippen LogP contribution is 2.46. The van der Waals surface area contributed by atoms with E-state index in [0.717, 1.165) is 37.9 Å². The second kappa shape index (κ2) is 8.44. The van der Waals surface area contributed by atoms with Crippen LogP contribution < -0.4 is 0 Å². The first-order valence-corrected chi connectivity index (χ1v) is 9.61. The number of unbranched alkanes of at least 4 members (excludes halogenated alkanes) is 2. The van der Waals surface area contributed by atoms with Crippen LogP contribution >= 0.6 is 0 Å². The minimum Gasteiger partial charge on any atom is -0.380 e. The third-order valence-corrected chi connectivity index (χ3v) is 5.02. The lowest BCUT2D eigenvalue weighted by atomic mass is 9.90. The van der Waals surface area contributed by atoms with Crippen LogP contribution in [0, 0.1) is 0 Å². The molecule has 0 saturated carbocycles. The molecule has 0 saturated heterocycles. The van der Waals surface area contributed by atoms with E-state index < -0.39 is 0 Å². The monoisotopic (exact) mass is 336 g/mol. The van der Waals surface area contributed by atoms with Crippen LogP contribution in [0.4, 0.5) is 0 Å². The molecule has 2 nitrogen and oxygen atoms in total. The fourth-order valence-electron chi connectivity index (χ4n) is 3.81. The summed E-state index contributed by atoms with van der Waals surface area (Å²) in [6.45, 7) is 5.71. The van der Waals surface area contributed by atoms with Gasteiger partial charge in [-0.1, -0.05) is 69.2 Å². The molecule has 1 aliphatic rings. The van der Waals surface area contributed by atoms with Crippen LogP contribution in [0.2, 0.25) is 0 Å². The summed E-state index contributed by atoms with van der Waals surface area (Å²) in [4.78, 5) is 12.9. The van der Waals surface area contributed by atoms with Crippen LogP contribution in [0.3, 0.4) is 0 Å². The van der Waals surface area contributed by atoms with Crippen molar-refractivity contribution in [3.05, 3.63) is 59.2 Å². The summed E-state index contributed by atoms with van der Waals surface area (Å²) >= 11 is 0. The first kappa shape index (κ1) is 17.9. The zero-order chi connectivity index (χ0) is 17.6. The maximum Gasteiger partial charge on any atom is 0.163 e. The number of benzene rings is 2. The van der Waals surface area contributed by atoms with E-state index in [2.05, 4.69) is 44.2 Å². The zero-order valence-corrected chi connectivity index (χ0v) is 15.4. The number of Topliss-reactive ketones (excluding diaryl/α,β-unsaturated/α-hetero) is 1. The fourth-order valence-corrected chi connectivity index (χ4v) is 3.81. The van der Waals surface area contributed by atoms with Crippen molar-refractivity contribution in [2.24, 2.45) is 0 Å². The Balaban J connectivity index is 1.96. The Bertz CT molecular complexity index is 733. The van der Waals surface area contributed by atoms with Gasteiger partial charge in [-0.15, -0.1) is 0 Å². The van der Waals surface area contributed by atoms with Gasteiger partial charge < -0.3 is 4.74 Å². The molecule has 2 aromatic rings. The summed E-state index contributed by atoms with van der Waals surface area (Å²) in [5.74, 6) is 0.447. The largest absolute Gasteiger partial charge is 0.380 e. The first-order valence-electron chi connectivity index (χ1n) is 9.61. The van der Waals surface area contributed by atoms with Crippen molar-refractivity contribution >= 4 is 5.78 Å². The molecule has 0 bridgehead atoms. The van der Waals surface area contributed by atoms with Gasteiger partial charge in [0.15, 0.2) is 5.78 Å². The number of ether oxygens (including phenoxy) is 1. The van der Waals surface area contributed by atoms with Gasteiger partial charge in [-0.3, -0.25) is 4.79 Å². The van der Waals surface area contributed by atoms with Gasteiger partial charge in [-0.2, -0.15) is 0 Å². The molecule has 2 heteroatoms. The molecule has 2 aromatic carbocycles. The average molecular weight is 336 g/mol. The van der Waals surface area contributed by atoms with E-state index in [1.165, 1.54) is 22.3 Å². The summed E-state index contributed by atoms with van der Waals surface area (Å²) < 4.78 is 5.90. The minimum atomic E-state index is 0.170. The van der Waals surface area contributed by atoms with E-state index in [1.54, 1.807) is 0 Å². The Kier molecular flexibility index (Phi) is 6.04. The van der Waals surface area contributed by atoms with Gasteiger partial charge in [-0.05, 0) is 35.1 Å². The number of rotatable bonds is 9. The van der Waals surface area contributed by atoms with Gasteiger partial charge in [0.25, 0.3) is 0 Å². The number of fused-ring (bicyclic) bond motifs is 3. The quantitative estimate of drug-likeness (QED) is 0.415. The van der Waals surface area contributed by atoms with Gasteiger partial charge in [0.2, 0.25) is 0 Å². The van der Waals surface area contributed by atoms with Crippen LogP contribution in [0.5, 0.6) is 0 Å². The molecular formula is C23H28O2. The highest BCUT2D eigenvalue weighted by molar-refractivity contribution is 6.01. The normalized spacial score (nSPS) is 15.0. The molecule has 25 heavy (non-hydrogen) atoms. The Labute approximate surface area is 151 Å². The fraction of sp³-hybridized carbons (Fsp3) is 0.435. The smallest absolute Gasteiger partial charge is 0.163 e. The number of hydrogen-bond acceptors (Lipinski definition) is 2. The molecule has 0 N–H and O–H groups in total. The summed E-state index contributed by atoms with van der Waals surface area (Å²) in [5, 5.41) is 0. The SMILES string of the molecule is CCCCCC(=O)c1cccc2c1C(COCCC)c1ccccc1-2. The van der Waals surface area contributed by atoms with Crippen molar-refractivity contribution in [2.45, 2.75) is 51.9 Å². The second-order valence-corrected chi connectivity index (χ2v) is 6.86. The summed E-state index contributed by atoms with van der Waals surface area (Å²) in [6.07, 6.45) is 4.88. The number of hydrogen-bond donors (Lipinski definition) is 0. The third kappa shape index (κ3) is 3.69. The molecule has 0 heterocycles. The molecule has 0 spiro atoms. The molecular weight excluding hydrogens is 308 g/mol. The predicted molar refractivity (Wildman–Crippen MR) is 103 cm³/mol. The van der Waals surface area contributed by atoms with Crippen LogP contribution in [-0.2, 0) is 4.74 Å². The molecule has 132 valence electrons. The molecule has 0 fully saturated rings. The Hall–Kier alpha value is -1.93. The van der Waals surface area contributed by atoms with Crippen LogP contribution in [0.25, 0.3) is 11.1 Å². The third-order valence-electron chi connectivity index (χ3n) is 5.02. The summed E-state index contributed by atoms with van der Waals surface area (Å²) in [7, 11) is 0. The van der Waals surface area contributed by atoms with Gasteiger partial charge >= 0.3 is 0 Å². The number of carbonyl (C=O) groups is 1. The summed E-state index contributed by atoms with van der Waals surface area (Å²) in [6, 6.07) is 14.7. The zero-order valence-electron chi connectivity index (χ0n) is 15.4. The van der Waals surface area contributed by atoms with Crippen molar-refractivity contribution in [3.8, 4) is 11.1 Å². The van der Waals surface area contributed by atoms with Gasteiger partial charge in [0.05, 0.1) is 6.61 Å². The van der Waals surface area contributed by atoms with Crippen LogP contribution in [0.15, 0.2) is 42.5 Å². The highest BCUT2D eigenvalue weighted by Gasteiger charge is 2.32. The van der Waals surface area contributed by atoms with Crippen molar-refractivity contribution < 1.29 is 9.53 Å². The molecule has 3 rings (SSSR count). The topological polar surface area (TPSA) is 26.3 Å². The number of ketones is 1. The molecule has 0 aliphatic heterocycles. The lowest BCUT2D eigenvalue weighted by molar-refractivity contribution is 0.0976. The van der Waals surface area contributed by atoms with E-state index in [0.29, 0.717) is 13.0 Å². The molecule has 0 radical (unpaired) electrons. The van der Waals surface area contributed by atoms with Gasteiger partial charge in [0.1, 0.15) is 0 Å². The Morgan fingerprint density at radius 3 is 2.56 bits per heavy atom. The number of carbonyl (C=O) groups excluding carboxylic acids is 1. The van der Waals surface area contributed by atoms with Gasteiger partial charge in [0, 0.05) is 24.5 Å². The molecule has 0 aromatic heterocycles. The molecule has 1 unspecified atom stereocenters. The lowest BCUT2D eigenvalue weighted by Gasteiger charge is -2.17. The Morgan fingerprint density at radius 1 is 0.960 bits per heavy atom. The second-order valence-electron chi connectivity index (χ2n) is 6.86. The van der Waals surface area contributed by atoms with E-state index >= 15 is 0 Å². The van der Waals surface area contributed by atoms with E-state index in [1.807, 2.05) is 12.1 Å². The highest BCUT2D eigenvalue weighted by atomic mass is 16.5. The van der Waals surface area contributed by atoms with Crippen molar-refractivity contribution in [1.82, 2.24) is 0 Å².